The Kier molecular flexibility index (Phi) is 13.0. The van der Waals surface area contributed by atoms with E-state index in [1.54, 1.807) is 55.8 Å². The molecule has 0 aliphatic heterocycles. The molecule has 362 valence electrons. The van der Waals surface area contributed by atoms with Crippen molar-refractivity contribution in [3.8, 4) is 33.8 Å². The maximum atomic E-state index is 4.96. The van der Waals surface area contributed by atoms with Crippen LogP contribution in [0.2, 0.25) is 0 Å². The molecule has 0 aliphatic rings. The quantitative estimate of drug-likeness (QED) is 0.0950. The van der Waals surface area contributed by atoms with E-state index in [0.29, 0.717) is 68.7 Å². The van der Waals surface area contributed by atoms with Crippen LogP contribution >= 0.6 is 0 Å². The number of hydrogen-bond acceptors (Lipinski definition) is 16. The van der Waals surface area contributed by atoms with Gasteiger partial charge in [0.15, 0.2) is 0 Å². The van der Waals surface area contributed by atoms with Crippen molar-refractivity contribution < 1.29 is 0 Å². The summed E-state index contributed by atoms with van der Waals surface area (Å²) in [6.07, 6.45) is 20.2. The zero-order chi connectivity index (χ0) is 50.9. The van der Waals surface area contributed by atoms with E-state index in [2.05, 4.69) is 15.0 Å². The van der Waals surface area contributed by atoms with Crippen molar-refractivity contribution in [1.82, 2.24) is 59.8 Å². The first-order valence-corrected chi connectivity index (χ1v) is 24.1. The topological polar surface area (TPSA) is 168 Å². The van der Waals surface area contributed by atoms with Gasteiger partial charge in [-0.2, -0.15) is 0 Å². The molecule has 0 aliphatic carbocycles. The molecule has 6 aromatic carbocycles. The number of aromatic nitrogens is 12. The molecule has 12 rings (SSSR count). The minimum absolute atomic E-state index is 0.467. The zero-order valence-electron chi connectivity index (χ0n) is 40.4. The summed E-state index contributed by atoms with van der Waals surface area (Å²) < 4.78 is 0. The third-order valence-electron chi connectivity index (χ3n) is 12.2. The van der Waals surface area contributed by atoms with Crippen LogP contribution in [0.3, 0.4) is 0 Å². The Labute approximate surface area is 437 Å². The van der Waals surface area contributed by atoms with Gasteiger partial charge in [0, 0.05) is 88.0 Å². The first-order chi connectivity index (χ1) is 37.7. The van der Waals surface area contributed by atoms with Crippen LogP contribution in [0.5, 0.6) is 0 Å². The van der Waals surface area contributed by atoms with Gasteiger partial charge in [-0.15, -0.1) is 0 Å². The summed E-state index contributed by atoms with van der Waals surface area (Å²) >= 11 is 0. The molecule has 0 amide bonds. The fourth-order valence-corrected chi connectivity index (χ4v) is 8.79. The van der Waals surface area contributed by atoms with E-state index in [0.717, 1.165) is 34.1 Å². The number of para-hydroxylation sites is 6. The lowest BCUT2D eigenvalue weighted by Gasteiger charge is -2.29. The predicted molar refractivity (Wildman–Crippen MR) is 295 cm³/mol. The van der Waals surface area contributed by atoms with Gasteiger partial charge in [-0.3, -0.25) is 19.6 Å². The Morgan fingerprint density at radius 1 is 0.211 bits per heavy atom. The van der Waals surface area contributed by atoms with Gasteiger partial charge in [-0.05, 0) is 72.8 Å². The van der Waals surface area contributed by atoms with Crippen LogP contribution in [-0.4, -0.2) is 59.8 Å². The van der Waals surface area contributed by atoms with Crippen LogP contribution in [0.1, 0.15) is 0 Å². The van der Waals surface area contributed by atoms with E-state index in [1.807, 2.05) is 202 Å². The van der Waals surface area contributed by atoms with Gasteiger partial charge in [0.05, 0.1) is 35.7 Å². The van der Waals surface area contributed by atoms with Crippen molar-refractivity contribution in [3.05, 3.63) is 257 Å². The normalized spacial score (nSPS) is 10.9. The molecule has 0 atom stereocenters. The van der Waals surface area contributed by atoms with E-state index in [9.17, 15) is 0 Å². The largest absolute Gasteiger partial charge is 0.300 e. The van der Waals surface area contributed by atoms with E-state index in [1.165, 1.54) is 19.0 Å². The molecule has 0 radical (unpaired) electrons. The average Bonchev–Trinajstić information content (AvgIpc) is 3.51. The second kappa shape index (κ2) is 21.4. The Morgan fingerprint density at radius 3 is 0.632 bits per heavy atom. The SMILES string of the molecule is c1ccc(N(c2ccccc2)c2ncc(-c3ncncc3N(c3cncnc3-c3cnc(N(c4ccccc4)c4ccccc4)nc3)c3cncnc3-c3cnc(N(c4ccccc4)c4ccccc4)nc3)cn2)cc1. The third kappa shape index (κ3) is 9.46. The summed E-state index contributed by atoms with van der Waals surface area (Å²) in [5.74, 6) is 1.40. The molecule has 0 saturated heterocycles. The minimum atomic E-state index is 0.467. The van der Waals surface area contributed by atoms with E-state index in [-0.39, 0.29) is 0 Å². The summed E-state index contributed by atoms with van der Waals surface area (Å²) in [6, 6.07) is 59.9. The van der Waals surface area contributed by atoms with Crippen molar-refractivity contribution in [3.63, 3.8) is 0 Å². The lowest BCUT2D eigenvalue weighted by Crippen LogP contribution is -2.17. The highest BCUT2D eigenvalue weighted by atomic mass is 15.3. The highest BCUT2D eigenvalue weighted by Crippen LogP contribution is 2.46. The van der Waals surface area contributed by atoms with E-state index >= 15 is 0 Å². The second-order valence-corrected chi connectivity index (χ2v) is 16.9. The average molecular weight is 987 g/mol. The van der Waals surface area contributed by atoms with Crippen molar-refractivity contribution in [2.45, 2.75) is 0 Å². The molecular weight excluding hydrogens is 945 g/mol. The molecule has 0 bridgehead atoms. The van der Waals surface area contributed by atoms with Crippen molar-refractivity contribution in [1.29, 1.82) is 0 Å². The molecule has 16 heteroatoms. The van der Waals surface area contributed by atoms with Crippen molar-refractivity contribution in [2.75, 3.05) is 19.6 Å². The molecule has 0 saturated carbocycles. The van der Waals surface area contributed by atoms with Crippen LogP contribution in [0.4, 0.5) is 69.0 Å². The van der Waals surface area contributed by atoms with Gasteiger partial charge in [-0.25, -0.2) is 59.8 Å². The molecule has 0 N–H and O–H groups in total. The number of nitrogens with zero attached hydrogens (tertiary/aromatic N) is 16. The highest BCUT2D eigenvalue weighted by molar-refractivity contribution is 5.94. The Bertz CT molecular complexity index is 3290. The zero-order valence-corrected chi connectivity index (χ0v) is 40.4. The fourth-order valence-electron chi connectivity index (χ4n) is 8.79. The lowest BCUT2D eigenvalue weighted by molar-refractivity contribution is 1.05. The number of rotatable bonds is 15. The maximum Gasteiger partial charge on any atom is 0.234 e. The molecule has 12 aromatic rings. The Hall–Kier alpha value is -11.0. The summed E-state index contributed by atoms with van der Waals surface area (Å²) in [5.41, 5.74) is 10.3. The van der Waals surface area contributed by atoms with Crippen molar-refractivity contribution in [2.24, 2.45) is 0 Å². The maximum absolute atomic E-state index is 4.96. The van der Waals surface area contributed by atoms with Crippen LogP contribution < -0.4 is 19.6 Å². The van der Waals surface area contributed by atoms with Crippen LogP contribution in [-0.2, 0) is 0 Å². The van der Waals surface area contributed by atoms with Gasteiger partial charge in [0.1, 0.15) is 36.1 Å². The minimum Gasteiger partial charge on any atom is -0.300 e. The Morgan fingerprint density at radius 2 is 0.421 bits per heavy atom. The number of benzene rings is 6. The first-order valence-electron chi connectivity index (χ1n) is 24.1. The number of hydrogen-bond donors (Lipinski definition) is 0. The smallest absolute Gasteiger partial charge is 0.234 e. The summed E-state index contributed by atoms with van der Waals surface area (Å²) in [6.45, 7) is 0. The molecule has 76 heavy (non-hydrogen) atoms. The molecule has 0 fully saturated rings. The highest BCUT2D eigenvalue weighted by Gasteiger charge is 2.28. The molecule has 0 unspecified atom stereocenters. The van der Waals surface area contributed by atoms with Crippen molar-refractivity contribution >= 4 is 69.0 Å². The second-order valence-electron chi connectivity index (χ2n) is 16.9. The third-order valence-corrected chi connectivity index (χ3v) is 12.2. The van der Waals surface area contributed by atoms with Crippen LogP contribution in [0, 0.1) is 0 Å². The van der Waals surface area contributed by atoms with Gasteiger partial charge in [-0.1, -0.05) is 109 Å². The molecule has 0 spiro atoms. The van der Waals surface area contributed by atoms with E-state index < -0.39 is 0 Å². The summed E-state index contributed by atoms with van der Waals surface area (Å²) in [7, 11) is 0. The lowest BCUT2D eigenvalue weighted by atomic mass is 10.1. The van der Waals surface area contributed by atoms with Gasteiger partial charge in [0.2, 0.25) is 17.8 Å². The standard InChI is InChI=1S/C60H42N16/c1-7-19-46(20-8-1)73(47-21-9-2-10-22-47)58-64-31-43(32-65-58)55-52(37-61-40-70-55)76(53-38-62-41-71-56(53)44-33-66-59(67-34-44)74(48-23-11-3-12-24-48)49-25-13-4-14-26-49)54-39-63-42-72-57(54)45-35-68-60(69-36-45)75(50-27-15-5-16-28-50)51-29-17-6-18-30-51/h1-42H. The van der Waals surface area contributed by atoms with Gasteiger partial charge >= 0.3 is 0 Å². The van der Waals surface area contributed by atoms with Gasteiger partial charge < -0.3 is 0 Å². The molecule has 6 heterocycles. The fraction of sp³-hybridized carbons (Fsp3) is 0. The molecular formula is C60H42N16. The molecule has 6 aromatic heterocycles. The number of anilines is 12. The van der Waals surface area contributed by atoms with Crippen LogP contribution in [0.25, 0.3) is 33.8 Å². The molecule has 16 nitrogen and oxygen atoms in total. The predicted octanol–water partition coefficient (Wildman–Crippen LogP) is 13.3. The van der Waals surface area contributed by atoms with E-state index in [4.69, 9.17) is 44.9 Å². The monoisotopic (exact) mass is 986 g/mol. The van der Waals surface area contributed by atoms with Gasteiger partial charge in [0.25, 0.3) is 0 Å². The summed E-state index contributed by atoms with van der Waals surface area (Å²) in [5, 5.41) is 0. The summed E-state index contributed by atoms with van der Waals surface area (Å²) in [4.78, 5) is 66.2. The first kappa shape index (κ1) is 46.1. The van der Waals surface area contributed by atoms with Crippen LogP contribution in [0.15, 0.2) is 257 Å². The Balaban J connectivity index is 0.993.